The fraction of sp³-hybridized carbons (Fsp3) is 0. The lowest BCUT2D eigenvalue weighted by Gasteiger charge is -2.11. The Balaban J connectivity index is 1.23. The van der Waals surface area contributed by atoms with E-state index in [1.807, 2.05) is 36.5 Å². The number of nitrogens with zero attached hydrogens (tertiary/aromatic N) is 5. The third-order valence-corrected chi connectivity index (χ3v) is 9.14. The number of rotatable bonds is 3. The summed E-state index contributed by atoms with van der Waals surface area (Å²) < 4.78 is 3.59. The first-order valence-electron chi connectivity index (χ1n) is 13.8. The van der Waals surface area contributed by atoms with E-state index >= 15 is 0 Å². The Bertz CT molecular complexity index is 2460. The Morgan fingerprint density at radius 1 is 0.571 bits per heavy atom. The van der Waals surface area contributed by atoms with Crippen LogP contribution in [0, 0.1) is 0 Å². The topological polar surface area (TPSA) is 56.5 Å². The van der Waals surface area contributed by atoms with Gasteiger partial charge in [0.05, 0.1) is 22.2 Å². The van der Waals surface area contributed by atoms with Gasteiger partial charge in [-0.05, 0) is 42.5 Å². The molecule has 0 saturated carbocycles. The van der Waals surface area contributed by atoms with Crippen LogP contribution in [0.4, 0.5) is 0 Å². The Labute approximate surface area is 244 Å². The monoisotopic (exact) mass is 555 g/mol. The highest BCUT2D eigenvalue weighted by Gasteiger charge is 2.18. The number of benzene rings is 5. The van der Waals surface area contributed by atoms with Crippen molar-refractivity contribution in [2.75, 3.05) is 0 Å². The quantitative estimate of drug-likeness (QED) is 0.218. The van der Waals surface area contributed by atoms with E-state index in [0.29, 0.717) is 0 Å². The standard InChI is InChI=1S/C36H21N5S/c1-2-8-22(9-3-1)33-26-10-4-6-12-29(26)39-35(40-33)23-14-16-24(17-15-23)41-30-13-7-5-11-27(30)32-31(41)19-18-25-28-20-37-21-38-36(28)42-34(25)32/h1-21H. The van der Waals surface area contributed by atoms with Gasteiger partial charge in [-0.25, -0.2) is 19.9 Å². The highest BCUT2D eigenvalue weighted by atomic mass is 32.1. The molecule has 4 heterocycles. The number of fused-ring (bicyclic) bond motifs is 8. The number of para-hydroxylation sites is 2. The van der Waals surface area contributed by atoms with Crippen LogP contribution in [-0.4, -0.2) is 24.5 Å². The van der Waals surface area contributed by atoms with Crippen LogP contribution >= 0.6 is 11.3 Å². The average molecular weight is 556 g/mol. The second kappa shape index (κ2) is 9.03. The molecule has 0 saturated heterocycles. The summed E-state index contributed by atoms with van der Waals surface area (Å²) >= 11 is 1.73. The molecule has 0 aliphatic heterocycles. The molecule has 5 nitrogen and oxygen atoms in total. The average Bonchev–Trinajstić information content (AvgIpc) is 3.60. The molecule has 0 N–H and O–H groups in total. The summed E-state index contributed by atoms with van der Waals surface area (Å²) in [5.74, 6) is 0.717. The molecule has 9 rings (SSSR count). The number of aromatic nitrogens is 5. The van der Waals surface area contributed by atoms with Crippen LogP contribution in [0.2, 0.25) is 0 Å². The van der Waals surface area contributed by atoms with E-state index in [1.54, 1.807) is 17.7 Å². The van der Waals surface area contributed by atoms with Crippen molar-refractivity contribution in [1.82, 2.24) is 24.5 Å². The number of thiophene rings is 1. The molecule has 42 heavy (non-hydrogen) atoms. The number of hydrogen-bond donors (Lipinski definition) is 0. The molecule has 0 atom stereocenters. The van der Waals surface area contributed by atoms with Crippen molar-refractivity contribution in [3.05, 3.63) is 128 Å². The summed E-state index contributed by atoms with van der Waals surface area (Å²) in [5.41, 5.74) is 7.37. The number of hydrogen-bond acceptors (Lipinski definition) is 5. The van der Waals surface area contributed by atoms with Crippen molar-refractivity contribution >= 4 is 64.3 Å². The van der Waals surface area contributed by atoms with Crippen LogP contribution in [0.3, 0.4) is 0 Å². The molecule has 196 valence electrons. The Kier molecular flexibility index (Phi) is 5.00. The Morgan fingerprint density at radius 3 is 2.24 bits per heavy atom. The third-order valence-electron chi connectivity index (χ3n) is 7.99. The molecule has 0 aliphatic rings. The van der Waals surface area contributed by atoms with Gasteiger partial charge in [0.25, 0.3) is 0 Å². The molecular formula is C36H21N5S. The molecule has 0 unspecified atom stereocenters. The lowest BCUT2D eigenvalue weighted by Crippen LogP contribution is -1.96. The first-order chi connectivity index (χ1) is 20.8. The minimum atomic E-state index is 0.717. The van der Waals surface area contributed by atoms with Crippen molar-refractivity contribution in [2.45, 2.75) is 0 Å². The van der Waals surface area contributed by atoms with Gasteiger partial charge in [0.2, 0.25) is 0 Å². The van der Waals surface area contributed by atoms with Crippen LogP contribution in [0.15, 0.2) is 128 Å². The summed E-state index contributed by atoms with van der Waals surface area (Å²) in [6.07, 6.45) is 3.55. The van der Waals surface area contributed by atoms with Gasteiger partial charge in [-0.3, -0.25) is 0 Å². The van der Waals surface area contributed by atoms with E-state index in [0.717, 1.165) is 49.5 Å². The molecule has 4 aromatic heterocycles. The molecule has 0 radical (unpaired) electrons. The van der Waals surface area contributed by atoms with Crippen LogP contribution in [0.1, 0.15) is 0 Å². The van der Waals surface area contributed by atoms with Crippen LogP contribution in [-0.2, 0) is 0 Å². The lowest BCUT2D eigenvalue weighted by atomic mass is 10.1. The lowest BCUT2D eigenvalue weighted by molar-refractivity contribution is 1.17. The molecule has 6 heteroatoms. The maximum absolute atomic E-state index is 5.06. The van der Waals surface area contributed by atoms with Gasteiger partial charge < -0.3 is 4.57 Å². The molecule has 5 aromatic carbocycles. The van der Waals surface area contributed by atoms with Crippen molar-refractivity contribution in [1.29, 1.82) is 0 Å². The van der Waals surface area contributed by atoms with Gasteiger partial charge in [0.15, 0.2) is 5.82 Å². The van der Waals surface area contributed by atoms with Crippen molar-refractivity contribution < 1.29 is 0 Å². The summed E-state index contributed by atoms with van der Waals surface area (Å²) in [4.78, 5) is 19.9. The summed E-state index contributed by atoms with van der Waals surface area (Å²) in [5, 5.41) is 5.83. The summed E-state index contributed by atoms with van der Waals surface area (Å²) in [6, 6.07) is 40.2. The van der Waals surface area contributed by atoms with Crippen molar-refractivity contribution in [3.8, 4) is 28.3 Å². The van der Waals surface area contributed by atoms with E-state index in [2.05, 4.69) is 99.5 Å². The Morgan fingerprint density at radius 2 is 1.36 bits per heavy atom. The van der Waals surface area contributed by atoms with E-state index in [-0.39, 0.29) is 0 Å². The van der Waals surface area contributed by atoms with Crippen LogP contribution in [0.5, 0.6) is 0 Å². The van der Waals surface area contributed by atoms with Gasteiger partial charge in [-0.1, -0.05) is 72.8 Å². The van der Waals surface area contributed by atoms with E-state index in [4.69, 9.17) is 9.97 Å². The molecule has 0 spiro atoms. The molecule has 9 aromatic rings. The second-order valence-electron chi connectivity index (χ2n) is 10.4. The highest BCUT2D eigenvalue weighted by Crippen LogP contribution is 2.42. The molecular weight excluding hydrogens is 534 g/mol. The minimum Gasteiger partial charge on any atom is -0.309 e. The predicted octanol–water partition coefficient (Wildman–Crippen LogP) is 9.22. The third kappa shape index (κ3) is 3.42. The van der Waals surface area contributed by atoms with Gasteiger partial charge >= 0.3 is 0 Å². The molecule has 0 bridgehead atoms. The zero-order valence-corrected chi connectivity index (χ0v) is 23.1. The zero-order chi connectivity index (χ0) is 27.6. The first-order valence-corrected chi connectivity index (χ1v) is 14.6. The van der Waals surface area contributed by atoms with Crippen LogP contribution in [0.25, 0.3) is 81.3 Å². The first kappa shape index (κ1) is 23.3. The van der Waals surface area contributed by atoms with Crippen molar-refractivity contribution in [3.63, 3.8) is 0 Å². The fourth-order valence-electron chi connectivity index (χ4n) is 6.09. The van der Waals surface area contributed by atoms with Crippen molar-refractivity contribution in [2.24, 2.45) is 0 Å². The Hall–Kier alpha value is -5.46. The van der Waals surface area contributed by atoms with Gasteiger partial charge in [0.1, 0.15) is 11.2 Å². The molecule has 0 fully saturated rings. The molecule has 0 aliphatic carbocycles. The zero-order valence-electron chi connectivity index (χ0n) is 22.3. The van der Waals surface area contributed by atoms with Crippen LogP contribution < -0.4 is 0 Å². The maximum Gasteiger partial charge on any atom is 0.160 e. The van der Waals surface area contributed by atoms with Gasteiger partial charge in [-0.2, -0.15) is 0 Å². The molecule has 0 amide bonds. The maximum atomic E-state index is 5.06. The van der Waals surface area contributed by atoms with Gasteiger partial charge in [0, 0.05) is 54.6 Å². The second-order valence-corrected chi connectivity index (χ2v) is 11.4. The highest BCUT2D eigenvalue weighted by molar-refractivity contribution is 7.26. The van der Waals surface area contributed by atoms with E-state index in [9.17, 15) is 0 Å². The summed E-state index contributed by atoms with van der Waals surface area (Å²) in [6.45, 7) is 0. The van der Waals surface area contributed by atoms with Gasteiger partial charge in [-0.15, -0.1) is 11.3 Å². The van der Waals surface area contributed by atoms with E-state index in [1.165, 1.54) is 31.9 Å². The normalized spacial score (nSPS) is 11.8. The fourth-order valence-corrected chi connectivity index (χ4v) is 7.26. The van der Waals surface area contributed by atoms with E-state index < -0.39 is 0 Å². The smallest absolute Gasteiger partial charge is 0.160 e. The largest absolute Gasteiger partial charge is 0.309 e. The SMILES string of the molecule is c1ccc(-c2nc(-c3ccc(-n4c5ccccc5c5c6sc7ncncc7c6ccc54)cc3)nc3ccccc23)cc1. The minimum absolute atomic E-state index is 0.717. The summed E-state index contributed by atoms with van der Waals surface area (Å²) in [7, 11) is 0. The predicted molar refractivity (Wildman–Crippen MR) is 173 cm³/mol.